The van der Waals surface area contributed by atoms with Crippen LogP contribution in [0.1, 0.15) is 34.1 Å². The van der Waals surface area contributed by atoms with Crippen molar-refractivity contribution in [1.82, 2.24) is 0 Å². The first kappa shape index (κ1) is 11.1. The van der Waals surface area contributed by atoms with Gasteiger partial charge >= 0.3 is 0 Å². The molecule has 2 rings (SSSR count). The van der Waals surface area contributed by atoms with E-state index in [9.17, 15) is 0 Å². The second-order valence-electron chi connectivity index (χ2n) is 3.60. The maximum Gasteiger partial charge on any atom is 0.122 e. The minimum Gasteiger partial charge on any atom is -0.490 e. The van der Waals surface area contributed by atoms with E-state index in [0.717, 1.165) is 12.2 Å². The van der Waals surface area contributed by atoms with Gasteiger partial charge in [-0.25, -0.2) is 0 Å². The van der Waals surface area contributed by atoms with Crippen molar-refractivity contribution in [2.75, 3.05) is 0 Å². The average molecular weight is 192 g/mol. The zero-order valence-electron chi connectivity index (χ0n) is 9.58. The Bertz CT molecular complexity index is 245. The second kappa shape index (κ2) is 5.04. The minimum absolute atomic E-state index is 0.359. The van der Waals surface area contributed by atoms with Crippen molar-refractivity contribution in [3.05, 3.63) is 35.6 Å². The summed E-state index contributed by atoms with van der Waals surface area (Å²) in [5.41, 5.74) is 1.35. The van der Waals surface area contributed by atoms with Crippen LogP contribution >= 0.6 is 0 Å². The molecule has 1 aliphatic carbocycles. The molecule has 0 saturated carbocycles. The van der Waals surface area contributed by atoms with Gasteiger partial charge in [-0.1, -0.05) is 39.0 Å². The van der Waals surface area contributed by atoms with Crippen LogP contribution in [-0.2, 0) is 4.74 Å². The smallest absolute Gasteiger partial charge is 0.122 e. The molecule has 2 aliphatic rings. The number of rotatable bonds is 0. The zero-order valence-corrected chi connectivity index (χ0v) is 9.58. The van der Waals surface area contributed by atoms with Crippen LogP contribution in [0, 0.1) is 5.92 Å². The first-order chi connectivity index (χ1) is 6.75. The molecule has 0 bridgehead atoms. The van der Waals surface area contributed by atoms with Gasteiger partial charge in [-0.2, -0.15) is 0 Å². The first-order valence-corrected chi connectivity index (χ1v) is 5.52. The van der Waals surface area contributed by atoms with Crippen LogP contribution in [0.5, 0.6) is 0 Å². The van der Waals surface area contributed by atoms with E-state index in [1.807, 2.05) is 13.8 Å². The maximum absolute atomic E-state index is 5.64. The fourth-order valence-corrected chi connectivity index (χ4v) is 1.61. The normalized spacial score (nSPS) is 28.9. The van der Waals surface area contributed by atoms with Crippen LogP contribution in [0.2, 0.25) is 0 Å². The van der Waals surface area contributed by atoms with Crippen molar-refractivity contribution in [3.63, 3.8) is 0 Å². The fraction of sp³-hybridized carbons (Fsp3) is 0.538. The van der Waals surface area contributed by atoms with Crippen molar-refractivity contribution >= 4 is 0 Å². The highest BCUT2D eigenvalue weighted by Gasteiger charge is 2.19. The second-order valence-corrected chi connectivity index (χ2v) is 3.60. The van der Waals surface area contributed by atoms with Gasteiger partial charge in [0.15, 0.2) is 0 Å². The van der Waals surface area contributed by atoms with Gasteiger partial charge in [-0.05, 0) is 24.5 Å². The van der Waals surface area contributed by atoms with E-state index in [4.69, 9.17) is 4.74 Å². The van der Waals surface area contributed by atoms with Crippen LogP contribution in [0.3, 0.4) is 0 Å². The van der Waals surface area contributed by atoms with Crippen LogP contribution in [0.15, 0.2) is 35.6 Å². The van der Waals surface area contributed by atoms with Crippen LogP contribution in [-0.4, -0.2) is 6.10 Å². The summed E-state index contributed by atoms with van der Waals surface area (Å²) in [6.45, 7) is 8.29. The summed E-state index contributed by atoms with van der Waals surface area (Å²) in [6, 6.07) is 0. The Hall–Kier alpha value is -0.980. The molecule has 14 heavy (non-hydrogen) atoms. The summed E-state index contributed by atoms with van der Waals surface area (Å²) < 4.78 is 5.64. The lowest BCUT2D eigenvalue weighted by Gasteiger charge is -2.04. The van der Waals surface area contributed by atoms with E-state index < -0.39 is 0 Å². The highest BCUT2D eigenvalue weighted by molar-refractivity contribution is 5.36. The van der Waals surface area contributed by atoms with Crippen molar-refractivity contribution in [3.8, 4) is 0 Å². The summed E-state index contributed by atoms with van der Waals surface area (Å²) in [7, 11) is 0. The molecule has 0 radical (unpaired) electrons. The standard InChI is InChI=1S/C11H14O.C2H6/c1-8-3-5-10-7-9(2)12-11(10)6-4-8;1-2/h3-6,8-9H,7H2,1-2H3;1-2H3. The first-order valence-electron chi connectivity index (χ1n) is 5.52. The summed E-state index contributed by atoms with van der Waals surface area (Å²) in [6.07, 6.45) is 10.1. The van der Waals surface area contributed by atoms with Crippen molar-refractivity contribution in [2.24, 2.45) is 5.92 Å². The lowest BCUT2D eigenvalue weighted by molar-refractivity contribution is 0.169. The third kappa shape index (κ3) is 2.50. The van der Waals surface area contributed by atoms with Crippen LogP contribution < -0.4 is 0 Å². The number of hydrogen-bond acceptors (Lipinski definition) is 1. The van der Waals surface area contributed by atoms with E-state index >= 15 is 0 Å². The molecule has 0 spiro atoms. The molecule has 1 heterocycles. The molecule has 2 atom stereocenters. The maximum atomic E-state index is 5.64. The van der Waals surface area contributed by atoms with Gasteiger partial charge in [0.25, 0.3) is 0 Å². The van der Waals surface area contributed by atoms with Gasteiger partial charge in [-0.3, -0.25) is 0 Å². The van der Waals surface area contributed by atoms with Gasteiger partial charge in [0.2, 0.25) is 0 Å². The third-order valence-corrected chi connectivity index (χ3v) is 2.30. The fourth-order valence-electron chi connectivity index (χ4n) is 1.61. The zero-order chi connectivity index (χ0) is 10.6. The lowest BCUT2D eigenvalue weighted by atomic mass is 10.1. The molecule has 2 unspecified atom stereocenters. The molecule has 1 heteroatoms. The van der Waals surface area contributed by atoms with Gasteiger partial charge in [-0.15, -0.1) is 0 Å². The molecule has 0 saturated heterocycles. The Balaban J connectivity index is 0.000000461. The van der Waals surface area contributed by atoms with Gasteiger partial charge in [0, 0.05) is 6.42 Å². The Labute approximate surface area is 87.2 Å². The summed E-state index contributed by atoms with van der Waals surface area (Å²) >= 11 is 0. The molecule has 0 N–H and O–H groups in total. The van der Waals surface area contributed by atoms with Crippen LogP contribution in [0.4, 0.5) is 0 Å². The molecule has 0 aromatic carbocycles. The van der Waals surface area contributed by atoms with E-state index in [-0.39, 0.29) is 0 Å². The number of ether oxygens (including phenoxy) is 1. The predicted octanol–water partition coefficient (Wildman–Crippen LogP) is 3.84. The molecule has 78 valence electrons. The molecule has 1 nitrogen and oxygen atoms in total. The average Bonchev–Trinajstić information content (AvgIpc) is 2.47. The Morgan fingerprint density at radius 2 is 1.79 bits per heavy atom. The molecule has 0 aromatic heterocycles. The summed E-state index contributed by atoms with van der Waals surface area (Å²) in [5.74, 6) is 1.61. The van der Waals surface area contributed by atoms with E-state index in [1.54, 1.807) is 0 Å². The molecule has 0 aromatic rings. The predicted molar refractivity (Wildman–Crippen MR) is 61.0 cm³/mol. The largest absolute Gasteiger partial charge is 0.490 e. The van der Waals surface area contributed by atoms with E-state index in [0.29, 0.717) is 12.0 Å². The monoisotopic (exact) mass is 192 g/mol. The van der Waals surface area contributed by atoms with Crippen molar-refractivity contribution < 1.29 is 4.74 Å². The third-order valence-electron chi connectivity index (χ3n) is 2.30. The lowest BCUT2D eigenvalue weighted by Crippen LogP contribution is -1.97. The molecule has 1 aliphatic heterocycles. The van der Waals surface area contributed by atoms with Gasteiger partial charge in [0.05, 0.1) is 0 Å². The Kier molecular flexibility index (Phi) is 3.99. The molecular weight excluding hydrogens is 172 g/mol. The van der Waals surface area contributed by atoms with Crippen LogP contribution in [0.25, 0.3) is 0 Å². The Morgan fingerprint density at radius 1 is 1.14 bits per heavy atom. The summed E-state index contributed by atoms with van der Waals surface area (Å²) in [4.78, 5) is 0. The molecule has 0 fully saturated rings. The minimum atomic E-state index is 0.359. The van der Waals surface area contributed by atoms with Crippen molar-refractivity contribution in [2.45, 2.75) is 40.2 Å². The molecular formula is C13H20O. The topological polar surface area (TPSA) is 9.23 Å². The van der Waals surface area contributed by atoms with Gasteiger partial charge < -0.3 is 4.74 Å². The quantitative estimate of drug-likeness (QED) is 0.566. The molecule has 0 amide bonds. The highest BCUT2D eigenvalue weighted by Crippen LogP contribution is 2.29. The van der Waals surface area contributed by atoms with E-state index in [2.05, 4.69) is 38.2 Å². The Morgan fingerprint density at radius 3 is 2.50 bits per heavy atom. The SMILES string of the molecule is CC.CC1C=CC2=C(C=C1)OC(C)C2. The highest BCUT2D eigenvalue weighted by atomic mass is 16.5. The number of hydrogen-bond donors (Lipinski definition) is 0. The van der Waals surface area contributed by atoms with Crippen molar-refractivity contribution in [1.29, 1.82) is 0 Å². The number of allylic oxidation sites excluding steroid dienone is 4. The van der Waals surface area contributed by atoms with E-state index in [1.165, 1.54) is 5.57 Å². The van der Waals surface area contributed by atoms with Gasteiger partial charge in [0.1, 0.15) is 11.9 Å². The summed E-state index contributed by atoms with van der Waals surface area (Å²) in [5, 5.41) is 0.